The first-order chi connectivity index (χ1) is 17.4. The van der Waals surface area contributed by atoms with Crippen molar-refractivity contribution in [1.82, 2.24) is 5.32 Å². The second-order valence-electron chi connectivity index (χ2n) is 8.78. The molecule has 2 aromatic carbocycles. The molecule has 1 heterocycles. The summed E-state index contributed by atoms with van der Waals surface area (Å²) in [6.07, 6.45) is 0.892. The Kier molecular flexibility index (Phi) is 8.01. The molecule has 0 bridgehead atoms. The van der Waals surface area contributed by atoms with Gasteiger partial charge >= 0.3 is 5.97 Å². The van der Waals surface area contributed by atoms with Crippen LogP contribution in [0.2, 0.25) is 5.02 Å². The molecule has 0 fully saturated rings. The summed E-state index contributed by atoms with van der Waals surface area (Å²) in [5.74, 6) is 0.0343. The average molecular weight is 512 g/mol. The highest BCUT2D eigenvalue weighted by Crippen LogP contribution is 2.47. The second-order valence-corrected chi connectivity index (χ2v) is 9.19. The molecule has 2 atom stereocenters. The first-order valence-corrected chi connectivity index (χ1v) is 12.1. The van der Waals surface area contributed by atoms with Crippen LogP contribution in [-0.4, -0.2) is 46.3 Å². The first kappa shape index (κ1) is 25.8. The summed E-state index contributed by atoms with van der Waals surface area (Å²) < 4.78 is 21.3. The van der Waals surface area contributed by atoms with Gasteiger partial charge in [0.2, 0.25) is 0 Å². The number of halogens is 1. The van der Waals surface area contributed by atoms with Crippen LogP contribution >= 0.6 is 11.6 Å². The van der Waals surface area contributed by atoms with Crippen LogP contribution in [-0.2, 0) is 19.1 Å². The number of benzene rings is 2. The van der Waals surface area contributed by atoms with Crippen LogP contribution < -0.4 is 14.8 Å². The van der Waals surface area contributed by atoms with Gasteiger partial charge in [0.25, 0.3) is 0 Å². The molecular formula is C28H30ClNO6. The van der Waals surface area contributed by atoms with E-state index in [1.807, 2.05) is 43.3 Å². The van der Waals surface area contributed by atoms with E-state index in [-0.39, 0.29) is 24.9 Å². The molecule has 2 aromatic rings. The van der Waals surface area contributed by atoms with E-state index < -0.39 is 11.9 Å². The zero-order valence-electron chi connectivity index (χ0n) is 20.9. The minimum absolute atomic E-state index is 0.0388. The van der Waals surface area contributed by atoms with Crippen molar-refractivity contribution in [1.29, 1.82) is 0 Å². The van der Waals surface area contributed by atoms with Crippen LogP contribution in [0.5, 0.6) is 11.5 Å². The third-order valence-electron chi connectivity index (χ3n) is 6.66. The summed E-state index contributed by atoms with van der Waals surface area (Å²) in [4.78, 5) is 26.9. The predicted molar refractivity (Wildman–Crippen MR) is 136 cm³/mol. The van der Waals surface area contributed by atoms with Crippen molar-refractivity contribution in [2.45, 2.75) is 31.6 Å². The van der Waals surface area contributed by atoms with E-state index in [1.54, 1.807) is 27.4 Å². The lowest BCUT2D eigenvalue weighted by molar-refractivity contribution is -0.140. The fraction of sp³-hybridized carbons (Fsp3) is 0.357. The van der Waals surface area contributed by atoms with Crippen LogP contribution in [0.15, 0.2) is 65.0 Å². The smallest absolute Gasteiger partial charge is 0.336 e. The number of methoxy groups -OCH3 is 3. The van der Waals surface area contributed by atoms with Gasteiger partial charge in [-0.3, -0.25) is 4.79 Å². The maximum Gasteiger partial charge on any atom is 0.336 e. The van der Waals surface area contributed by atoms with Crippen molar-refractivity contribution in [2.24, 2.45) is 0 Å². The lowest BCUT2D eigenvalue weighted by atomic mass is 9.71. The molecule has 2 aliphatic rings. The number of rotatable bonds is 8. The van der Waals surface area contributed by atoms with E-state index in [0.29, 0.717) is 51.8 Å². The van der Waals surface area contributed by atoms with Gasteiger partial charge < -0.3 is 24.3 Å². The van der Waals surface area contributed by atoms with E-state index in [1.165, 1.54) is 0 Å². The Morgan fingerprint density at radius 1 is 1.03 bits per heavy atom. The quantitative estimate of drug-likeness (QED) is 0.398. The van der Waals surface area contributed by atoms with E-state index >= 15 is 0 Å². The Hall–Kier alpha value is -3.29. The molecule has 0 unspecified atom stereocenters. The lowest BCUT2D eigenvalue weighted by Gasteiger charge is -2.37. The van der Waals surface area contributed by atoms with Crippen molar-refractivity contribution in [2.75, 3.05) is 34.5 Å². The summed E-state index contributed by atoms with van der Waals surface area (Å²) in [5.41, 5.74) is 4.06. The van der Waals surface area contributed by atoms with E-state index in [2.05, 4.69) is 5.32 Å². The average Bonchev–Trinajstić information content (AvgIpc) is 2.87. The van der Waals surface area contributed by atoms with Crippen molar-refractivity contribution >= 4 is 23.4 Å². The van der Waals surface area contributed by atoms with Crippen LogP contribution in [0.1, 0.15) is 42.7 Å². The summed E-state index contributed by atoms with van der Waals surface area (Å²) in [5, 5.41) is 3.83. The van der Waals surface area contributed by atoms with Crippen molar-refractivity contribution in [3.8, 4) is 11.5 Å². The molecule has 4 rings (SSSR count). The number of Topliss-reactive ketones (excluding diaryl/α,β-unsaturated/α-hetero) is 1. The molecule has 0 saturated heterocycles. The Morgan fingerprint density at radius 3 is 2.47 bits per heavy atom. The molecule has 0 aromatic heterocycles. The van der Waals surface area contributed by atoms with Gasteiger partial charge in [-0.25, -0.2) is 4.79 Å². The predicted octanol–water partition coefficient (Wildman–Crippen LogP) is 4.91. The molecule has 1 aliphatic carbocycles. The van der Waals surface area contributed by atoms with Crippen molar-refractivity contribution in [3.63, 3.8) is 0 Å². The van der Waals surface area contributed by atoms with Crippen LogP contribution in [0, 0.1) is 0 Å². The molecule has 0 spiro atoms. The molecule has 36 heavy (non-hydrogen) atoms. The number of nitrogens with one attached hydrogen (secondary N) is 1. The molecule has 0 amide bonds. The largest absolute Gasteiger partial charge is 0.493 e. The molecule has 1 aliphatic heterocycles. The number of dihydropyridines is 1. The van der Waals surface area contributed by atoms with Gasteiger partial charge in [0, 0.05) is 41.4 Å². The molecule has 8 heteroatoms. The number of allylic oxidation sites excluding steroid dienone is 3. The fourth-order valence-corrected chi connectivity index (χ4v) is 5.21. The van der Waals surface area contributed by atoms with Crippen molar-refractivity contribution in [3.05, 3.63) is 81.2 Å². The maximum atomic E-state index is 13.7. The van der Waals surface area contributed by atoms with Gasteiger partial charge in [-0.2, -0.15) is 0 Å². The van der Waals surface area contributed by atoms with Crippen molar-refractivity contribution < 1.29 is 28.5 Å². The number of ketones is 1. The van der Waals surface area contributed by atoms with Gasteiger partial charge in [0.15, 0.2) is 17.3 Å². The van der Waals surface area contributed by atoms with E-state index in [4.69, 9.17) is 30.5 Å². The number of hydrogen-bond acceptors (Lipinski definition) is 7. The molecule has 0 radical (unpaired) electrons. The third kappa shape index (κ3) is 4.99. The van der Waals surface area contributed by atoms with Crippen LogP contribution in [0.25, 0.3) is 0 Å². The van der Waals surface area contributed by atoms with Crippen LogP contribution in [0.4, 0.5) is 0 Å². The summed E-state index contributed by atoms with van der Waals surface area (Å²) in [6.45, 7) is 2.22. The van der Waals surface area contributed by atoms with E-state index in [9.17, 15) is 9.59 Å². The summed E-state index contributed by atoms with van der Waals surface area (Å²) in [7, 11) is 4.72. The van der Waals surface area contributed by atoms with Crippen LogP contribution in [0.3, 0.4) is 0 Å². The number of carbonyl (C=O) groups is 2. The number of carbonyl (C=O) groups excluding carboxylic acids is 2. The molecule has 0 saturated carbocycles. The normalized spacial score (nSPS) is 19.5. The Balaban J connectivity index is 1.75. The van der Waals surface area contributed by atoms with Gasteiger partial charge in [-0.05, 0) is 48.6 Å². The standard InChI is InChI=1S/C28H30ClNO6/c1-16-25(28(32)36-12-11-33-2)26(19-7-5-6-8-20(19)29)27-21(30-16)13-18(14-22(27)31)17-9-10-23(34-3)24(15-17)35-4/h5-10,15,18,26,30H,11-14H2,1-4H3/t18-,26-/m0/s1. The minimum atomic E-state index is -0.621. The van der Waals surface area contributed by atoms with Gasteiger partial charge in [-0.15, -0.1) is 0 Å². The topological polar surface area (TPSA) is 83.1 Å². The number of ether oxygens (including phenoxy) is 4. The Labute approximate surface area is 216 Å². The molecule has 1 N–H and O–H groups in total. The minimum Gasteiger partial charge on any atom is -0.493 e. The van der Waals surface area contributed by atoms with Gasteiger partial charge in [-0.1, -0.05) is 35.9 Å². The number of hydrogen-bond donors (Lipinski definition) is 1. The second kappa shape index (κ2) is 11.2. The third-order valence-corrected chi connectivity index (χ3v) is 7.01. The number of esters is 1. The highest BCUT2D eigenvalue weighted by Gasteiger charge is 2.42. The van der Waals surface area contributed by atoms with Gasteiger partial charge in [0.1, 0.15) is 6.61 Å². The highest BCUT2D eigenvalue weighted by atomic mass is 35.5. The molecule has 7 nitrogen and oxygen atoms in total. The zero-order chi connectivity index (χ0) is 25.8. The molecular weight excluding hydrogens is 482 g/mol. The summed E-state index contributed by atoms with van der Waals surface area (Å²) >= 11 is 6.59. The first-order valence-electron chi connectivity index (χ1n) is 11.8. The highest BCUT2D eigenvalue weighted by molar-refractivity contribution is 6.31. The SMILES string of the molecule is COCCOC(=O)C1=C(C)NC2=C(C(=O)C[C@@H](c3ccc(OC)c(OC)c3)C2)[C@H]1c1ccccc1Cl. The maximum absolute atomic E-state index is 13.7. The monoisotopic (exact) mass is 511 g/mol. The Morgan fingerprint density at radius 2 is 1.78 bits per heavy atom. The Bertz CT molecular complexity index is 1230. The lowest BCUT2D eigenvalue weighted by Crippen LogP contribution is -2.36. The molecule has 190 valence electrons. The van der Waals surface area contributed by atoms with E-state index in [0.717, 1.165) is 11.3 Å². The zero-order valence-corrected chi connectivity index (χ0v) is 21.6. The fourth-order valence-electron chi connectivity index (χ4n) is 4.97. The summed E-state index contributed by atoms with van der Waals surface area (Å²) in [6, 6.07) is 13.0. The van der Waals surface area contributed by atoms with Gasteiger partial charge in [0.05, 0.1) is 26.4 Å².